The van der Waals surface area contributed by atoms with Crippen molar-refractivity contribution in [2.75, 3.05) is 26.1 Å². The molecule has 0 aliphatic heterocycles. The fourth-order valence-corrected chi connectivity index (χ4v) is 3.16. The molecular formula is C14H20N2O5S2. The van der Waals surface area contributed by atoms with Gasteiger partial charge in [-0.25, -0.2) is 17.5 Å². The van der Waals surface area contributed by atoms with Gasteiger partial charge in [0.2, 0.25) is 10.0 Å². The van der Waals surface area contributed by atoms with Crippen LogP contribution < -0.4 is 5.32 Å². The van der Waals surface area contributed by atoms with Gasteiger partial charge < -0.3 is 10.4 Å². The van der Waals surface area contributed by atoms with E-state index >= 15 is 0 Å². The zero-order valence-corrected chi connectivity index (χ0v) is 14.8. The van der Waals surface area contributed by atoms with E-state index in [0.717, 1.165) is 4.31 Å². The molecule has 0 saturated heterocycles. The highest BCUT2D eigenvalue weighted by Gasteiger charge is 2.22. The molecule has 0 fully saturated rings. The molecular weight excluding hydrogens is 340 g/mol. The molecule has 0 heterocycles. The third-order valence-corrected chi connectivity index (χ3v) is 5.54. The number of hydrogen-bond acceptors (Lipinski definition) is 5. The first-order valence-electron chi connectivity index (χ1n) is 6.75. The Morgan fingerprint density at radius 3 is 2.52 bits per heavy atom. The molecule has 2 N–H and O–H groups in total. The Bertz CT molecular complexity index is 674. The normalized spacial score (nSPS) is 12.9. The van der Waals surface area contributed by atoms with Crippen molar-refractivity contribution in [2.45, 2.75) is 17.4 Å². The van der Waals surface area contributed by atoms with Crippen LogP contribution >= 0.6 is 11.8 Å². The van der Waals surface area contributed by atoms with Gasteiger partial charge in [-0.1, -0.05) is 6.07 Å². The van der Waals surface area contributed by atoms with Gasteiger partial charge in [0.1, 0.15) is 6.04 Å². The third-order valence-electron chi connectivity index (χ3n) is 3.09. The Balaban J connectivity index is 2.99. The molecule has 1 aromatic rings. The fourth-order valence-electron chi connectivity index (χ4n) is 1.74. The number of carbonyl (C=O) groups is 2. The first kappa shape index (κ1) is 19.5. The van der Waals surface area contributed by atoms with Crippen LogP contribution in [0.4, 0.5) is 0 Å². The Hall–Kier alpha value is -1.58. The second-order valence-electron chi connectivity index (χ2n) is 4.96. The lowest BCUT2D eigenvalue weighted by Crippen LogP contribution is -2.41. The highest BCUT2D eigenvalue weighted by molar-refractivity contribution is 7.98. The largest absolute Gasteiger partial charge is 0.480 e. The Labute approximate surface area is 140 Å². The molecule has 9 heteroatoms. The van der Waals surface area contributed by atoms with Crippen molar-refractivity contribution >= 4 is 33.7 Å². The minimum Gasteiger partial charge on any atom is -0.480 e. The third kappa shape index (κ3) is 5.22. The van der Waals surface area contributed by atoms with E-state index in [0.29, 0.717) is 5.75 Å². The molecule has 1 unspecified atom stereocenters. The molecule has 1 aromatic carbocycles. The van der Waals surface area contributed by atoms with Gasteiger partial charge in [-0.05, 0) is 36.6 Å². The van der Waals surface area contributed by atoms with Crippen LogP contribution in [-0.2, 0) is 14.8 Å². The number of rotatable bonds is 8. The molecule has 1 amide bonds. The van der Waals surface area contributed by atoms with E-state index in [1.807, 2.05) is 6.26 Å². The van der Waals surface area contributed by atoms with Crippen LogP contribution in [0.5, 0.6) is 0 Å². The molecule has 0 aromatic heterocycles. The average molecular weight is 360 g/mol. The molecule has 23 heavy (non-hydrogen) atoms. The Morgan fingerprint density at radius 1 is 1.35 bits per heavy atom. The molecule has 1 atom stereocenters. The summed E-state index contributed by atoms with van der Waals surface area (Å²) >= 11 is 1.48. The Kier molecular flexibility index (Phi) is 7.04. The van der Waals surface area contributed by atoms with Gasteiger partial charge in [0.15, 0.2) is 0 Å². The molecule has 0 aliphatic rings. The number of thioether (sulfide) groups is 1. The number of aliphatic carboxylic acids is 1. The van der Waals surface area contributed by atoms with E-state index in [-0.39, 0.29) is 16.9 Å². The lowest BCUT2D eigenvalue weighted by molar-refractivity contribution is -0.139. The maximum Gasteiger partial charge on any atom is 0.326 e. The summed E-state index contributed by atoms with van der Waals surface area (Å²) in [6.07, 6.45) is 2.13. The van der Waals surface area contributed by atoms with Gasteiger partial charge >= 0.3 is 5.97 Å². The minimum atomic E-state index is -3.66. The number of carbonyl (C=O) groups excluding carboxylic acids is 1. The van der Waals surface area contributed by atoms with Crippen LogP contribution in [0.3, 0.4) is 0 Å². The number of sulfonamides is 1. The van der Waals surface area contributed by atoms with Gasteiger partial charge in [-0.3, -0.25) is 4.79 Å². The van der Waals surface area contributed by atoms with Gasteiger partial charge in [0.05, 0.1) is 4.90 Å². The molecule has 0 aliphatic carbocycles. The minimum absolute atomic E-state index is 0.0221. The summed E-state index contributed by atoms with van der Waals surface area (Å²) in [5, 5.41) is 11.5. The second kappa shape index (κ2) is 8.32. The monoisotopic (exact) mass is 360 g/mol. The molecule has 1 rings (SSSR count). The van der Waals surface area contributed by atoms with Crippen molar-refractivity contribution < 1.29 is 23.1 Å². The zero-order valence-electron chi connectivity index (χ0n) is 13.1. The van der Waals surface area contributed by atoms with Crippen LogP contribution in [0.2, 0.25) is 0 Å². The first-order valence-corrected chi connectivity index (χ1v) is 9.58. The highest BCUT2D eigenvalue weighted by Crippen LogP contribution is 2.15. The topological polar surface area (TPSA) is 104 Å². The SMILES string of the molecule is CSCCC(NC(=O)c1cccc(S(=O)(=O)N(C)C)c1)C(=O)O. The predicted octanol–water partition coefficient (Wildman–Crippen LogP) is 0.873. The first-order chi connectivity index (χ1) is 10.7. The quantitative estimate of drug-likeness (QED) is 0.713. The van der Waals surface area contributed by atoms with Crippen LogP contribution in [0.15, 0.2) is 29.2 Å². The average Bonchev–Trinajstić information content (AvgIpc) is 2.50. The van der Waals surface area contributed by atoms with E-state index in [1.54, 1.807) is 0 Å². The predicted molar refractivity (Wildman–Crippen MR) is 89.2 cm³/mol. The molecule has 0 radical (unpaired) electrons. The number of benzene rings is 1. The van der Waals surface area contributed by atoms with Crippen LogP contribution in [0.25, 0.3) is 0 Å². The van der Waals surface area contributed by atoms with Gasteiger partial charge in [-0.2, -0.15) is 11.8 Å². The number of amides is 1. The number of carboxylic acid groups (broad SMARTS) is 1. The number of hydrogen-bond donors (Lipinski definition) is 2. The van der Waals surface area contributed by atoms with Crippen molar-refractivity contribution in [2.24, 2.45) is 0 Å². The number of nitrogens with one attached hydrogen (secondary N) is 1. The number of nitrogens with zero attached hydrogens (tertiary/aromatic N) is 1. The van der Waals surface area contributed by atoms with E-state index < -0.39 is 27.9 Å². The van der Waals surface area contributed by atoms with Crippen molar-refractivity contribution in [1.29, 1.82) is 0 Å². The van der Waals surface area contributed by atoms with Crippen LogP contribution in [0, 0.1) is 0 Å². The molecule has 0 saturated carbocycles. The maximum absolute atomic E-state index is 12.2. The highest BCUT2D eigenvalue weighted by atomic mass is 32.2. The van der Waals surface area contributed by atoms with E-state index in [9.17, 15) is 18.0 Å². The van der Waals surface area contributed by atoms with Crippen molar-refractivity contribution in [3.8, 4) is 0 Å². The smallest absolute Gasteiger partial charge is 0.326 e. The Morgan fingerprint density at radius 2 is 2.00 bits per heavy atom. The lowest BCUT2D eigenvalue weighted by atomic mass is 10.1. The summed E-state index contributed by atoms with van der Waals surface area (Å²) in [7, 11) is -0.871. The summed E-state index contributed by atoms with van der Waals surface area (Å²) in [5.41, 5.74) is 0.100. The summed E-state index contributed by atoms with van der Waals surface area (Å²) in [6.45, 7) is 0. The van der Waals surface area contributed by atoms with E-state index in [4.69, 9.17) is 5.11 Å². The van der Waals surface area contributed by atoms with Crippen LogP contribution in [-0.4, -0.2) is 61.9 Å². The summed E-state index contributed by atoms with van der Waals surface area (Å²) in [4.78, 5) is 23.3. The fraction of sp³-hybridized carbons (Fsp3) is 0.429. The summed E-state index contributed by atoms with van der Waals surface area (Å²) in [6, 6.07) is 4.50. The van der Waals surface area contributed by atoms with E-state index in [1.165, 1.54) is 50.1 Å². The van der Waals surface area contributed by atoms with Crippen molar-refractivity contribution in [3.63, 3.8) is 0 Å². The molecule has 128 valence electrons. The molecule has 0 spiro atoms. The standard InChI is InChI=1S/C14H20N2O5S2/c1-16(2)23(20,21)11-6-4-5-10(9-11)13(17)15-12(14(18)19)7-8-22-3/h4-6,9,12H,7-8H2,1-3H3,(H,15,17)(H,18,19). The zero-order chi connectivity index (χ0) is 17.6. The summed E-state index contributed by atoms with van der Waals surface area (Å²) < 4.78 is 25.2. The van der Waals surface area contributed by atoms with Gasteiger partial charge in [-0.15, -0.1) is 0 Å². The summed E-state index contributed by atoms with van der Waals surface area (Å²) in [5.74, 6) is -1.15. The second-order valence-corrected chi connectivity index (χ2v) is 8.10. The van der Waals surface area contributed by atoms with Gasteiger partial charge in [0, 0.05) is 19.7 Å². The van der Waals surface area contributed by atoms with Gasteiger partial charge in [0.25, 0.3) is 5.91 Å². The maximum atomic E-state index is 12.2. The molecule has 7 nitrogen and oxygen atoms in total. The van der Waals surface area contributed by atoms with E-state index in [2.05, 4.69) is 5.32 Å². The van der Waals surface area contributed by atoms with Crippen molar-refractivity contribution in [3.05, 3.63) is 29.8 Å². The number of carboxylic acids is 1. The van der Waals surface area contributed by atoms with Crippen molar-refractivity contribution in [1.82, 2.24) is 9.62 Å². The van der Waals surface area contributed by atoms with Crippen LogP contribution in [0.1, 0.15) is 16.8 Å². The molecule has 0 bridgehead atoms. The lowest BCUT2D eigenvalue weighted by Gasteiger charge is -2.15.